The fourth-order valence-corrected chi connectivity index (χ4v) is 3.44. The van der Waals surface area contributed by atoms with Crippen molar-refractivity contribution in [1.29, 1.82) is 0 Å². The van der Waals surface area contributed by atoms with E-state index in [9.17, 15) is 14.4 Å². The molecule has 1 unspecified atom stereocenters. The summed E-state index contributed by atoms with van der Waals surface area (Å²) in [4.78, 5) is 39.1. The van der Waals surface area contributed by atoms with Gasteiger partial charge >= 0.3 is 0 Å². The number of aryl methyl sites for hydroxylation is 2. The number of hydrogen-bond acceptors (Lipinski definition) is 3. The van der Waals surface area contributed by atoms with Crippen LogP contribution in [0.25, 0.3) is 0 Å². The number of para-hydroxylation sites is 1. The lowest BCUT2D eigenvalue weighted by Gasteiger charge is -2.32. The minimum atomic E-state index is -0.267. The first-order chi connectivity index (χ1) is 13.9. The summed E-state index contributed by atoms with van der Waals surface area (Å²) in [5, 5.41) is 5.60. The molecular weight excluding hydrogens is 366 g/mol. The van der Waals surface area contributed by atoms with Crippen molar-refractivity contribution in [2.45, 2.75) is 26.7 Å². The predicted molar refractivity (Wildman–Crippen MR) is 113 cm³/mol. The van der Waals surface area contributed by atoms with E-state index < -0.39 is 0 Å². The van der Waals surface area contributed by atoms with Crippen molar-refractivity contribution in [3.8, 4) is 0 Å². The molecule has 3 rings (SSSR count). The molecule has 3 amide bonds. The number of amides is 3. The number of nitrogens with one attached hydrogen (secondary N) is 2. The molecule has 0 saturated carbocycles. The Bertz CT molecular complexity index is 895. The molecule has 2 N–H and O–H groups in total. The average Bonchev–Trinajstić information content (AvgIpc) is 2.74. The van der Waals surface area contributed by atoms with E-state index in [-0.39, 0.29) is 30.2 Å². The Hall–Kier alpha value is -3.15. The smallest absolute Gasteiger partial charge is 0.251 e. The van der Waals surface area contributed by atoms with Crippen LogP contribution in [-0.2, 0) is 9.59 Å². The summed E-state index contributed by atoms with van der Waals surface area (Å²) in [6.07, 6.45) is 1.52. The second-order valence-electron chi connectivity index (χ2n) is 7.52. The van der Waals surface area contributed by atoms with Gasteiger partial charge in [0.2, 0.25) is 11.8 Å². The molecular formula is C23H27N3O3. The molecule has 6 heteroatoms. The lowest BCUT2D eigenvalue weighted by Crippen LogP contribution is -2.47. The second-order valence-corrected chi connectivity index (χ2v) is 7.52. The van der Waals surface area contributed by atoms with E-state index in [0.717, 1.165) is 29.7 Å². The van der Waals surface area contributed by atoms with Crippen molar-refractivity contribution >= 4 is 23.4 Å². The number of carbonyl (C=O) groups excluding carboxylic acids is 3. The number of carbonyl (C=O) groups is 3. The SMILES string of the molecule is Cc1ccc(C(=O)NCC(=O)N2CCCC(C(=O)Nc3ccccc3)C2)cc1C. The Morgan fingerprint density at radius 1 is 1.03 bits per heavy atom. The summed E-state index contributed by atoms with van der Waals surface area (Å²) < 4.78 is 0. The van der Waals surface area contributed by atoms with Gasteiger partial charge in [-0.25, -0.2) is 0 Å². The van der Waals surface area contributed by atoms with E-state index in [1.165, 1.54) is 0 Å². The van der Waals surface area contributed by atoms with E-state index in [4.69, 9.17) is 0 Å². The van der Waals surface area contributed by atoms with Gasteiger partial charge in [0.15, 0.2) is 0 Å². The van der Waals surface area contributed by atoms with Crippen molar-refractivity contribution in [3.63, 3.8) is 0 Å². The third kappa shape index (κ3) is 5.44. The van der Waals surface area contributed by atoms with Gasteiger partial charge in [0.1, 0.15) is 0 Å². The highest BCUT2D eigenvalue weighted by atomic mass is 16.2. The highest BCUT2D eigenvalue weighted by molar-refractivity contribution is 5.97. The average molecular weight is 393 g/mol. The quantitative estimate of drug-likeness (QED) is 0.820. The lowest BCUT2D eigenvalue weighted by atomic mass is 9.97. The van der Waals surface area contributed by atoms with Crippen molar-refractivity contribution in [2.75, 3.05) is 25.0 Å². The Morgan fingerprint density at radius 2 is 1.79 bits per heavy atom. The number of nitrogens with zero attached hydrogens (tertiary/aromatic N) is 1. The molecule has 0 bridgehead atoms. The number of hydrogen-bond donors (Lipinski definition) is 2. The Balaban J connectivity index is 1.52. The van der Waals surface area contributed by atoms with Gasteiger partial charge in [-0.2, -0.15) is 0 Å². The molecule has 2 aromatic rings. The van der Waals surface area contributed by atoms with Gasteiger partial charge in [-0.15, -0.1) is 0 Å². The molecule has 1 aliphatic heterocycles. The third-order valence-electron chi connectivity index (χ3n) is 5.36. The topological polar surface area (TPSA) is 78.5 Å². The summed E-state index contributed by atoms with van der Waals surface area (Å²) in [7, 11) is 0. The van der Waals surface area contributed by atoms with Gasteiger partial charge in [0.05, 0.1) is 12.5 Å². The lowest BCUT2D eigenvalue weighted by molar-refractivity contribution is -0.133. The zero-order valence-electron chi connectivity index (χ0n) is 16.9. The van der Waals surface area contributed by atoms with Crippen molar-refractivity contribution in [1.82, 2.24) is 10.2 Å². The first-order valence-corrected chi connectivity index (χ1v) is 9.93. The number of rotatable bonds is 5. The standard InChI is InChI=1S/C23H27N3O3/c1-16-10-11-18(13-17(16)2)22(28)24-14-21(27)26-12-6-7-19(15-26)23(29)25-20-8-4-3-5-9-20/h3-5,8-11,13,19H,6-7,12,14-15H2,1-2H3,(H,24,28)(H,25,29). The summed E-state index contributed by atoms with van der Waals surface area (Å²) in [5.74, 6) is -0.757. The highest BCUT2D eigenvalue weighted by Crippen LogP contribution is 2.19. The normalized spacial score (nSPS) is 16.2. The molecule has 0 aliphatic carbocycles. The largest absolute Gasteiger partial charge is 0.343 e. The Kier molecular flexibility index (Phi) is 6.65. The molecule has 1 saturated heterocycles. The van der Waals surface area contributed by atoms with Crippen LogP contribution in [0.1, 0.15) is 34.3 Å². The van der Waals surface area contributed by atoms with Gasteiger partial charge < -0.3 is 15.5 Å². The van der Waals surface area contributed by atoms with E-state index in [1.807, 2.05) is 56.3 Å². The van der Waals surface area contributed by atoms with E-state index >= 15 is 0 Å². The van der Waals surface area contributed by atoms with Crippen LogP contribution >= 0.6 is 0 Å². The molecule has 0 aromatic heterocycles. The van der Waals surface area contributed by atoms with Crippen LogP contribution in [0.15, 0.2) is 48.5 Å². The molecule has 6 nitrogen and oxygen atoms in total. The van der Waals surface area contributed by atoms with Crippen molar-refractivity contribution in [3.05, 3.63) is 65.2 Å². The van der Waals surface area contributed by atoms with Gasteiger partial charge in [0, 0.05) is 24.3 Å². The van der Waals surface area contributed by atoms with Crippen LogP contribution in [0, 0.1) is 19.8 Å². The summed E-state index contributed by atoms with van der Waals surface area (Å²) in [6.45, 7) is 4.84. The van der Waals surface area contributed by atoms with Crippen molar-refractivity contribution in [2.24, 2.45) is 5.92 Å². The fraction of sp³-hybridized carbons (Fsp3) is 0.348. The van der Waals surface area contributed by atoms with E-state index in [0.29, 0.717) is 18.7 Å². The summed E-state index contributed by atoms with van der Waals surface area (Å²) in [5.41, 5.74) is 3.44. The predicted octanol–water partition coefficient (Wildman–Crippen LogP) is 2.91. The molecule has 29 heavy (non-hydrogen) atoms. The van der Waals surface area contributed by atoms with Gasteiger partial charge in [-0.05, 0) is 62.1 Å². The monoisotopic (exact) mass is 393 g/mol. The first kappa shape index (κ1) is 20.6. The fourth-order valence-electron chi connectivity index (χ4n) is 3.44. The van der Waals surface area contributed by atoms with Crippen LogP contribution in [-0.4, -0.2) is 42.3 Å². The van der Waals surface area contributed by atoms with E-state index in [2.05, 4.69) is 10.6 Å². The zero-order chi connectivity index (χ0) is 20.8. The van der Waals surface area contributed by atoms with Crippen LogP contribution in [0.5, 0.6) is 0 Å². The minimum Gasteiger partial charge on any atom is -0.343 e. The van der Waals surface area contributed by atoms with Crippen LogP contribution < -0.4 is 10.6 Å². The molecule has 0 radical (unpaired) electrons. The van der Waals surface area contributed by atoms with Crippen LogP contribution in [0.3, 0.4) is 0 Å². The van der Waals surface area contributed by atoms with Crippen LogP contribution in [0.2, 0.25) is 0 Å². The van der Waals surface area contributed by atoms with E-state index in [1.54, 1.807) is 11.0 Å². The minimum absolute atomic E-state index is 0.0707. The molecule has 1 fully saturated rings. The maximum absolute atomic E-state index is 12.6. The molecule has 1 heterocycles. The summed E-state index contributed by atoms with van der Waals surface area (Å²) in [6, 6.07) is 14.8. The van der Waals surface area contributed by atoms with Gasteiger partial charge in [-0.1, -0.05) is 24.3 Å². The number of likely N-dealkylation sites (tertiary alicyclic amines) is 1. The molecule has 2 aromatic carbocycles. The van der Waals surface area contributed by atoms with Gasteiger partial charge in [0.25, 0.3) is 5.91 Å². The Labute approximate surface area is 171 Å². The maximum Gasteiger partial charge on any atom is 0.251 e. The molecule has 152 valence electrons. The number of anilines is 1. The molecule has 1 aliphatic rings. The highest BCUT2D eigenvalue weighted by Gasteiger charge is 2.28. The molecule has 1 atom stereocenters. The number of piperidine rings is 1. The maximum atomic E-state index is 12.6. The van der Waals surface area contributed by atoms with Gasteiger partial charge in [-0.3, -0.25) is 14.4 Å². The Morgan fingerprint density at radius 3 is 2.52 bits per heavy atom. The third-order valence-corrected chi connectivity index (χ3v) is 5.36. The van der Waals surface area contributed by atoms with Crippen LogP contribution in [0.4, 0.5) is 5.69 Å². The second kappa shape index (κ2) is 9.37. The molecule has 0 spiro atoms. The first-order valence-electron chi connectivity index (χ1n) is 9.93. The van der Waals surface area contributed by atoms with Crippen molar-refractivity contribution < 1.29 is 14.4 Å². The number of benzene rings is 2. The zero-order valence-corrected chi connectivity index (χ0v) is 16.9. The summed E-state index contributed by atoms with van der Waals surface area (Å²) >= 11 is 0.